The van der Waals surface area contributed by atoms with Crippen molar-refractivity contribution >= 4 is 44.1 Å². The number of aryl methyl sites for hydroxylation is 1. The maximum Gasteiger partial charge on any atom is 0.301 e. The zero-order chi connectivity index (χ0) is 28.2. The van der Waals surface area contributed by atoms with Gasteiger partial charge in [-0.25, -0.2) is 4.98 Å². The van der Waals surface area contributed by atoms with E-state index in [0.717, 1.165) is 29.5 Å². The van der Waals surface area contributed by atoms with Gasteiger partial charge in [-0.1, -0.05) is 73.1 Å². The molecular formula is C32H32N2O5S. The Kier molecular flexibility index (Phi) is 8.16. The number of aromatic nitrogens is 1. The molecule has 7 nitrogen and oxygen atoms in total. The van der Waals surface area contributed by atoms with Gasteiger partial charge in [-0.15, -0.1) is 0 Å². The SMILES string of the molecule is CCCCCOc1ccc(C2/C(=C(\O)c3ccc(C)cc3)C(=O)C(=O)N2c2nc3ccc(OCC)cc3s2)cc1. The van der Waals surface area contributed by atoms with Crippen molar-refractivity contribution in [3.63, 3.8) is 0 Å². The highest BCUT2D eigenvalue weighted by Gasteiger charge is 2.48. The number of rotatable bonds is 10. The summed E-state index contributed by atoms with van der Waals surface area (Å²) in [6.45, 7) is 7.15. The lowest BCUT2D eigenvalue weighted by Gasteiger charge is -2.23. The number of ether oxygens (including phenoxy) is 2. The van der Waals surface area contributed by atoms with Gasteiger partial charge in [0.1, 0.15) is 17.3 Å². The highest BCUT2D eigenvalue weighted by atomic mass is 32.1. The van der Waals surface area contributed by atoms with E-state index < -0.39 is 17.7 Å². The van der Waals surface area contributed by atoms with Crippen LogP contribution in [0.1, 0.15) is 55.8 Å². The number of hydrogen-bond donors (Lipinski definition) is 1. The summed E-state index contributed by atoms with van der Waals surface area (Å²) in [4.78, 5) is 33.1. The molecule has 4 aromatic rings. The van der Waals surface area contributed by atoms with Crippen LogP contribution in [0.4, 0.5) is 5.13 Å². The Morgan fingerprint density at radius 1 is 0.950 bits per heavy atom. The number of nitrogens with zero attached hydrogens (tertiary/aromatic N) is 2. The number of unbranched alkanes of at least 4 members (excludes halogenated alkanes) is 2. The molecule has 0 saturated carbocycles. The average molecular weight is 557 g/mol. The van der Waals surface area contributed by atoms with E-state index in [1.54, 1.807) is 12.1 Å². The first kappa shape index (κ1) is 27.4. The Morgan fingerprint density at radius 2 is 1.68 bits per heavy atom. The highest BCUT2D eigenvalue weighted by molar-refractivity contribution is 7.22. The van der Waals surface area contributed by atoms with Gasteiger partial charge in [0.15, 0.2) is 5.13 Å². The highest BCUT2D eigenvalue weighted by Crippen LogP contribution is 2.45. The van der Waals surface area contributed by atoms with Gasteiger partial charge in [0.2, 0.25) is 0 Å². The van der Waals surface area contributed by atoms with Crippen LogP contribution in [0.25, 0.3) is 16.0 Å². The first-order valence-electron chi connectivity index (χ1n) is 13.6. The lowest BCUT2D eigenvalue weighted by atomic mass is 9.95. The van der Waals surface area contributed by atoms with Gasteiger partial charge in [-0.3, -0.25) is 14.5 Å². The number of fused-ring (bicyclic) bond motifs is 1. The summed E-state index contributed by atoms with van der Waals surface area (Å²) < 4.78 is 12.3. The van der Waals surface area contributed by atoms with Crippen LogP contribution in [0.5, 0.6) is 11.5 Å². The van der Waals surface area contributed by atoms with Gasteiger partial charge in [0.05, 0.1) is 35.0 Å². The van der Waals surface area contributed by atoms with Crippen LogP contribution in [-0.4, -0.2) is 35.0 Å². The normalized spacial score (nSPS) is 16.6. The summed E-state index contributed by atoms with van der Waals surface area (Å²) in [5.74, 6) is -0.290. The molecule has 8 heteroatoms. The molecule has 1 aliphatic heterocycles. The van der Waals surface area contributed by atoms with Gasteiger partial charge in [-0.2, -0.15) is 0 Å². The van der Waals surface area contributed by atoms with Gasteiger partial charge in [0, 0.05) is 5.56 Å². The molecule has 40 heavy (non-hydrogen) atoms. The number of aliphatic hydroxyl groups excluding tert-OH is 1. The number of anilines is 1. The van der Waals surface area contributed by atoms with Crippen molar-refractivity contribution in [2.24, 2.45) is 0 Å². The van der Waals surface area contributed by atoms with Crippen LogP contribution in [0.2, 0.25) is 0 Å². The average Bonchev–Trinajstić information content (AvgIpc) is 3.49. The predicted molar refractivity (Wildman–Crippen MR) is 158 cm³/mol. The van der Waals surface area contributed by atoms with E-state index in [2.05, 4.69) is 6.92 Å². The van der Waals surface area contributed by atoms with Crippen LogP contribution >= 0.6 is 11.3 Å². The summed E-state index contributed by atoms with van der Waals surface area (Å²) >= 11 is 1.30. The van der Waals surface area contributed by atoms with Gasteiger partial charge in [0.25, 0.3) is 5.78 Å². The maximum absolute atomic E-state index is 13.6. The number of benzene rings is 3. The molecule has 0 bridgehead atoms. The molecule has 1 atom stereocenters. The Labute approximate surface area is 237 Å². The lowest BCUT2D eigenvalue weighted by Crippen LogP contribution is -2.29. The quantitative estimate of drug-likeness (QED) is 0.0962. The Balaban J connectivity index is 1.59. The minimum atomic E-state index is -0.859. The van der Waals surface area contributed by atoms with Gasteiger partial charge < -0.3 is 14.6 Å². The summed E-state index contributed by atoms with van der Waals surface area (Å²) in [5.41, 5.74) is 2.88. The third kappa shape index (κ3) is 5.45. The number of aliphatic hydroxyl groups is 1. The number of thiazole rings is 1. The number of carbonyl (C=O) groups is 2. The fraction of sp³-hybridized carbons (Fsp3) is 0.281. The number of amides is 1. The van der Waals surface area contributed by atoms with E-state index in [4.69, 9.17) is 14.5 Å². The van der Waals surface area contributed by atoms with Crippen molar-refractivity contribution in [3.8, 4) is 11.5 Å². The van der Waals surface area contributed by atoms with E-state index in [9.17, 15) is 14.7 Å². The molecular weight excluding hydrogens is 524 g/mol. The molecule has 1 fully saturated rings. The van der Waals surface area contributed by atoms with Crippen LogP contribution in [-0.2, 0) is 9.59 Å². The first-order valence-corrected chi connectivity index (χ1v) is 14.4. The predicted octanol–water partition coefficient (Wildman–Crippen LogP) is 7.20. The van der Waals surface area contributed by atoms with E-state index >= 15 is 0 Å². The maximum atomic E-state index is 13.6. The number of hydrogen-bond acceptors (Lipinski definition) is 7. The molecule has 1 aliphatic rings. The zero-order valence-corrected chi connectivity index (χ0v) is 23.7. The van der Waals surface area contributed by atoms with Crippen molar-refractivity contribution in [2.45, 2.75) is 46.1 Å². The fourth-order valence-corrected chi connectivity index (χ4v) is 5.77. The van der Waals surface area contributed by atoms with Gasteiger partial charge in [-0.05, 0) is 56.2 Å². The third-order valence-corrected chi connectivity index (χ3v) is 7.87. The number of Topliss-reactive ketones (excluding diaryl/α,β-unsaturated/α-hetero) is 1. The Morgan fingerprint density at radius 3 is 2.38 bits per heavy atom. The minimum absolute atomic E-state index is 0.0275. The largest absolute Gasteiger partial charge is 0.507 e. The third-order valence-electron chi connectivity index (χ3n) is 6.85. The van der Waals surface area contributed by atoms with Crippen LogP contribution in [0.3, 0.4) is 0 Å². The molecule has 3 aromatic carbocycles. The zero-order valence-electron chi connectivity index (χ0n) is 22.8. The molecule has 0 spiro atoms. The first-order chi connectivity index (χ1) is 19.4. The van der Waals surface area contributed by atoms with E-state index in [-0.39, 0.29) is 11.3 Å². The van der Waals surface area contributed by atoms with Crippen LogP contribution in [0, 0.1) is 6.92 Å². The fourth-order valence-electron chi connectivity index (χ4n) is 4.75. The molecule has 1 aromatic heterocycles. The van der Waals surface area contributed by atoms with E-state index in [0.29, 0.717) is 46.5 Å². The van der Waals surface area contributed by atoms with Crippen molar-refractivity contribution in [1.82, 2.24) is 4.98 Å². The molecule has 0 radical (unpaired) electrons. The Hall–Kier alpha value is -4.17. The van der Waals surface area contributed by atoms with Crippen LogP contribution in [0.15, 0.2) is 72.3 Å². The number of carbonyl (C=O) groups excluding carboxylic acids is 2. The summed E-state index contributed by atoms with van der Waals surface area (Å²) in [6.07, 6.45) is 3.18. The molecule has 1 saturated heterocycles. The second-order valence-electron chi connectivity index (χ2n) is 9.72. The van der Waals surface area contributed by atoms with Crippen molar-refractivity contribution in [3.05, 3.63) is 89.0 Å². The van der Waals surface area contributed by atoms with E-state index in [1.807, 2.05) is 68.4 Å². The lowest BCUT2D eigenvalue weighted by molar-refractivity contribution is -0.132. The second kappa shape index (κ2) is 11.9. The second-order valence-corrected chi connectivity index (χ2v) is 10.7. The molecule has 1 N–H and O–H groups in total. The van der Waals surface area contributed by atoms with Gasteiger partial charge >= 0.3 is 5.91 Å². The molecule has 206 valence electrons. The van der Waals surface area contributed by atoms with E-state index in [1.165, 1.54) is 16.2 Å². The summed E-state index contributed by atoms with van der Waals surface area (Å²) in [7, 11) is 0. The smallest absolute Gasteiger partial charge is 0.301 e. The van der Waals surface area contributed by atoms with Crippen molar-refractivity contribution in [1.29, 1.82) is 0 Å². The Bertz CT molecular complexity index is 1560. The van der Waals surface area contributed by atoms with Crippen LogP contribution < -0.4 is 14.4 Å². The standard InChI is InChI=1S/C32H32N2O5S/c1-4-6-7-18-39-23-14-12-21(13-15-23)28-27(29(35)22-10-8-20(3)9-11-22)30(36)31(37)34(28)32-33-25-17-16-24(38-5-2)19-26(25)40-32/h8-17,19,28,35H,4-7,18H2,1-3H3/b29-27+. The minimum Gasteiger partial charge on any atom is -0.507 e. The number of ketones is 1. The summed E-state index contributed by atoms with van der Waals surface area (Å²) in [6, 6.07) is 19.2. The molecule has 2 heterocycles. The molecule has 1 amide bonds. The van der Waals surface area contributed by atoms with Crippen molar-refractivity contribution in [2.75, 3.05) is 18.1 Å². The topological polar surface area (TPSA) is 89.0 Å². The molecule has 5 rings (SSSR count). The summed E-state index contributed by atoms with van der Waals surface area (Å²) in [5, 5.41) is 11.7. The molecule has 0 aliphatic carbocycles. The monoisotopic (exact) mass is 556 g/mol. The van der Waals surface area contributed by atoms with Crippen molar-refractivity contribution < 1.29 is 24.2 Å². The molecule has 1 unspecified atom stereocenters.